The van der Waals surface area contributed by atoms with Crippen LogP contribution in [0, 0.1) is 0 Å². The van der Waals surface area contributed by atoms with Crippen LogP contribution in [0.1, 0.15) is 12.1 Å². The maximum Gasteiger partial charge on any atom is 0.280 e. The van der Waals surface area contributed by atoms with Gasteiger partial charge in [-0.3, -0.25) is 0 Å². The van der Waals surface area contributed by atoms with Gasteiger partial charge in [0, 0.05) is 6.07 Å². The number of primary sulfonamides is 1. The Morgan fingerprint density at radius 3 is 2.50 bits per heavy atom. The van der Waals surface area contributed by atoms with E-state index in [1.165, 1.54) is 0 Å². The first-order valence-corrected chi connectivity index (χ1v) is 5.41. The van der Waals surface area contributed by atoms with Crippen LogP contribution in [0.25, 0.3) is 0 Å². The fourth-order valence-corrected chi connectivity index (χ4v) is 1.58. The molecule has 3 N–H and O–H groups in total. The highest BCUT2D eigenvalue weighted by Crippen LogP contribution is 2.34. The van der Waals surface area contributed by atoms with Gasteiger partial charge in [0.05, 0.1) is 7.11 Å². The first kappa shape index (κ1) is 12.6. The number of nitrogens with zero attached hydrogens (tertiary/aromatic N) is 1. The zero-order valence-corrected chi connectivity index (χ0v) is 8.83. The predicted molar refractivity (Wildman–Crippen MR) is 48.8 cm³/mol. The lowest BCUT2D eigenvalue weighted by atomic mass is 10.3. The van der Waals surface area contributed by atoms with Gasteiger partial charge in [-0.1, -0.05) is 0 Å². The highest BCUT2D eigenvalue weighted by atomic mass is 32.2. The minimum Gasteiger partial charge on any atom is -0.502 e. The Kier molecular flexibility index (Phi) is 3.29. The van der Waals surface area contributed by atoms with E-state index in [-0.39, 0.29) is 0 Å². The van der Waals surface area contributed by atoms with Gasteiger partial charge in [-0.2, -0.15) is 0 Å². The number of rotatable bonds is 3. The number of pyridine rings is 1. The number of nitrogens with two attached hydrogens (primary N) is 1. The number of hydrogen-bond acceptors (Lipinski definition) is 5. The summed E-state index contributed by atoms with van der Waals surface area (Å²) in [7, 11) is -3.32. The second-order valence-corrected chi connectivity index (χ2v) is 4.23. The molecule has 0 fully saturated rings. The molecule has 0 radical (unpaired) electrons. The summed E-state index contributed by atoms with van der Waals surface area (Å²) in [6.45, 7) is 0. The monoisotopic (exact) mass is 254 g/mol. The van der Waals surface area contributed by atoms with Crippen LogP contribution in [0.15, 0.2) is 11.1 Å². The molecule has 1 aromatic heterocycles. The molecule has 6 nitrogen and oxygen atoms in total. The summed E-state index contributed by atoms with van der Waals surface area (Å²) in [6, 6.07) is 0.731. The average molecular weight is 254 g/mol. The number of hydrogen-bond donors (Lipinski definition) is 2. The van der Waals surface area contributed by atoms with E-state index in [0.29, 0.717) is 0 Å². The number of methoxy groups -OCH3 is 1. The molecule has 0 spiro atoms. The molecule has 1 rings (SSSR count). The van der Waals surface area contributed by atoms with Gasteiger partial charge in [0.15, 0.2) is 11.5 Å². The molecule has 1 heterocycles. The summed E-state index contributed by atoms with van der Waals surface area (Å²) in [6.07, 6.45) is -3.00. The van der Waals surface area contributed by atoms with Gasteiger partial charge in [0.2, 0.25) is 5.03 Å². The SMILES string of the molecule is COc1cc(C(F)F)nc(S(N)(=O)=O)c1O. The molecule has 0 aliphatic carbocycles. The third kappa shape index (κ3) is 2.36. The van der Waals surface area contributed by atoms with E-state index < -0.39 is 38.7 Å². The molecule has 0 aromatic carbocycles. The number of ether oxygens (including phenoxy) is 1. The molecule has 0 amide bonds. The minimum atomic E-state index is -4.40. The second kappa shape index (κ2) is 4.18. The Labute approximate surface area is 89.7 Å². The maximum atomic E-state index is 12.3. The van der Waals surface area contributed by atoms with Crippen molar-refractivity contribution in [2.45, 2.75) is 11.5 Å². The molecule has 0 saturated carbocycles. The van der Waals surface area contributed by atoms with E-state index >= 15 is 0 Å². The van der Waals surface area contributed by atoms with Crippen molar-refractivity contribution in [2.24, 2.45) is 5.14 Å². The van der Waals surface area contributed by atoms with E-state index in [0.717, 1.165) is 13.2 Å². The summed E-state index contributed by atoms with van der Waals surface area (Å²) >= 11 is 0. The average Bonchev–Trinajstić information content (AvgIpc) is 2.15. The molecule has 0 unspecified atom stereocenters. The number of halogens is 2. The summed E-state index contributed by atoms with van der Waals surface area (Å²) in [5.41, 5.74) is -0.848. The molecule has 0 aliphatic rings. The first-order valence-electron chi connectivity index (χ1n) is 3.86. The minimum absolute atomic E-state index is 0.436. The second-order valence-electron chi connectivity index (χ2n) is 2.75. The highest BCUT2D eigenvalue weighted by Gasteiger charge is 2.24. The van der Waals surface area contributed by atoms with E-state index in [4.69, 9.17) is 5.14 Å². The van der Waals surface area contributed by atoms with Crippen LogP contribution in [0.3, 0.4) is 0 Å². The Morgan fingerprint density at radius 2 is 2.12 bits per heavy atom. The van der Waals surface area contributed by atoms with Crippen molar-refractivity contribution in [1.29, 1.82) is 0 Å². The van der Waals surface area contributed by atoms with Crippen molar-refractivity contribution in [1.82, 2.24) is 4.98 Å². The van der Waals surface area contributed by atoms with E-state index in [9.17, 15) is 22.3 Å². The van der Waals surface area contributed by atoms with E-state index in [1.54, 1.807) is 0 Å². The smallest absolute Gasteiger partial charge is 0.280 e. The van der Waals surface area contributed by atoms with Crippen LogP contribution in [0.2, 0.25) is 0 Å². The van der Waals surface area contributed by atoms with Crippen LogP contribution < -0.4 is 9.88 Å². The van der Waals surface area contributed by atoms with Gasteiger partial charge in [-0.05, 0) is 0 Å². The zero-order valence-electron chi connectivity index (χ0n) is 8.02. The lowest BCUT2D eigenvalue weighted by Gasteiger charge is -2.09. The summed E-state index contributed by atoms with van der Waals surface area (Å²) in [5, 5.41) is 13.0. The summed E-state index contributed by atoms with van der Waals surface area (Å²) < 4.78 is 51.1. The molecule has 90 valence electrons. The number of alkyl halides is 2. The summed E-state index contributed by atoms with van der Waals surface area (Å²) in [4.78, 5) is 3.06. The van der Waals surface area contributed by atoms with Gasteiger partial charge in [0.1, 0.15) is 5.69 Å². The predicted octanol–water partition coefficient (Wildman–Crippen LogP) is 0.381. The first-order chi connectivity index (χ1) is 7.27. The van der Waals surface area contributed by atoms with Crippen molar-refractivity contribution in [2.75, 3.05) is 7.11 Å². The molecule has 9 heteroatoms. The van der Waals surface area contributed by atoms with Gasteiger partial charge in [0.25, 0.3) is 16.4 Å². The third-order valence-corrected chi connectivity index (χ3v) is 2.48. The highest BCUT2D eigenvalue weighted by molar-refractivity contribution is 7.89. The quantitative estimate of drug-likeness (QED) is 0.811. The van der Waals surface area contributed by atoms with Crippen molar-refractivity contribution in [3.8, 4) is 11.5 Å². The van der Waals surface area contributed by atoms with E-state index in [1.807, 2.05) is 0 Å². The molecular weight excluding hydrogens is 246 g/mol. The molecular formula is C7H8F2N2O4S. The van der Waals surface area contributed by atoms with Gasteiger partial charge < -0.3 is 9.84 Å². The Balaban J connectivity index is 3.55. The van der Waals surface area contributed by atoms with Crippen LogP contribution >= 0.6 is 0 Å². The van der Waals surface area contributed by atoms with Crippen LogP contribution in [-0.4, -0.2) is 25.6 Å². The number of aromatic nitrogens is 1. The molecule has 16 heavy (non-hydrogen) atoms. The zero-order chi connectivity index (χ0) is 12.5. The molecule has 0 bridgehead atoms. The topological polar surface area (TPSA) is 103 Å². The van der Waals surface area contributed by atoms with Crippen molar-refractivity contribution < 1.29 is 27.0 Å². The van der Waals surface area contributed by atoms with Crippen molar-refractivity contribution in [3.05, 3.63) is 11.8 Å². The normalized spacial score (nSPS) is 11.8. The van der Waals surface area contributed by atoms with Crippen LogP contribution in [-0.2, 0) is 10.0 Å². The lowest BCUT2D eigenvalue weighted by molar-refractivity contribution is 0.144. The fraction of sp³-hybridized carbons (Fsp3) is 0.286. The molecule has 1 aromatic rings. The largest absolute Gasteiger partial charge is 0.502 e. The van der Waals surface area contributed by atoms with Gasteiger partial charge >= 0.3 is 0 Å². The molecule has 0 atom stereocenters. The fourth-order valence-electron chi connectivity index (χ4n) is 0.976. The standard InChI is InChI=1S/C7H8F2N2O4S/c1-15-4-2-3(6(8)9)11-7(5(4)12)16(10,13)14/h2,6,12H,1H3,(H2,10,13,14). The third-order valence-electron chi connectivity index (χ3n) is 1.66. The number of sulfonamides is 1. The van der Waals surface area contributed by atoms with Gasteiger partial charge in [-0.15, -0.1) is 0 Å². The van der Waals surface area contributed by atoms with Crippen LogP contribution in [0.4, 0.5) is 8.78 Å². The van der Waals surface area contributed by atoms with Crippen molar-refractivity contribution >= 4 is 10.0 Å². The lowest BCUT2D eigenvalue weighted by Crippen LogP contribution is -2.15. The van der Waals surface area contributed by atoms with E-state index in [2.05, 4.69) is 9.72 Å². The Morgan fingerprint density at radius 1 is 1.56 bits per heavy atom. The Bertz CT molecular complexity index is 503. The summed E-state index contributed by atoms with van der Waals surface area (Å²) in [5.74, 6) is -1.33. The number of aromatic hydroxyl groups is 1. The molecule has 0 aliphatic heterocycles. The Hall–Kier alpha value is -1.48. The molecule has 0 saturated heterocycles. The maximum absolute atomic E-state index is 12.3. The van der Waals surface area contributed by atoms with Crippen LogP contribution in [0.5, 0.6) is 11.5 Å². The van der Waals surface area contributed by atoms with Crippen molar-refractivity contribution in [3.63, 3.8) is 0 Å². The van der Waals surface area contributed by atoms with Gasteiger partial charge in [-0.25, -0.2) is 27.3 Å².